The number of carbonyl (C=O) groups is 2. The lowest BCUT2D eigenvalue weighted by Crippen LogP contribution is -2.53. The quantitative estimate of drug-likeness (QED) is 0.646. The van der Waals surface area contributed by atoms with Crippen LogP contribution in [0.3, 0.4) is 0 Å². The molecule has 1 N–H and O–H groups in total. The van der Waals surface area contributed by atoms with Gasteiger partial charge in [0.1, 0.15) is 5.69 Å². The molecule has 3 aromatic heterocycles. The van der Waals surface area contributed by atoms with Crippen LogP contribution in [0.15, 0.2) is 49.1 Å². The zero-order chi connectivity index (χ0) is 22.6. The fourth-order valence-electron chi connectivity index (χ4n) is 4.47. The number of likely N-dealkylation sites (tertiary alicyclic amines) is 1. The van der Waals surface area contributed by atoms with Crippen molar-refractivity contribution in [1.82, 2.24) is 34.9 Å². The van der Waals surface area contributed by atoms with Gasteiger partial charge in [-0.2, -0.15) is 5.10 Å². The highest BCUT2D eigenvalue weighted by Gasteiger charge is 2.33. The lowest BCUT2D eigenvalue weighted by molar-refractivity contribution is -0.137. The Morgan fingerprint density at radius 2 is 1.70 bits per heavy atom. The van der Waals surface area contributed by atoms with Crippen molar-refractivity contribution in [1.29, 1.82) is 0 Å². The predicted molar refractivity (Wildman–Crippen MR) is 121 cm³/mol. The van der Waals surface area contributed by atoms with Gasteiger partial charge in [0.25, 0.3) is 5.91 Å². The number of nitrogens with zero attached hydrogens (tertiary/aromatic N) is 7. The van der Waals surface area contributed by atoms with Crippen LogP contribution in [-0.2, 0) is 4.79 Å². The standard InChI is InChI=1S/C23H26N8O2/c32-21(29-11-13-30(14-12-29)23-25-6-2-7-26-23)18-3-1-10-31(16-18)22(33)20-15-19(27-28-20)17-4-8-24-9-5-17/h2,4-9,15,18H,1,3,10-14,16H2,(H,27,28). The minimum absolute atomic E-state index is 0.119. The van der Waals surface area contributed by atoms with Crippen LogP contribution in [0.2, 0.25) is 0 Å². The molecule has 2 saturated heterocycles. The Morgan fingerprint density at radius 1 is 0.939 bits per heavy atom. The number of anilines is 1. The number of H-pyrrole nitrogens is 1. The van der Waals surface area contributed by atoms with E-state index in [1.165, 1.54) is 0 Å². The molecule has 170 valence electrons. The first-order valence-corrected chi connectivity index (χ1v) is 11.2. The summed E-state index contributed by atoms with van der Waals surface area (Å²) >= 11 is 0. The third-order valence-electron chi connectivity index (χ3n) is 6.27. The predicted octanol–water partition coefficient (Wildman–Crippen LogP) is 1.46. The molecule has 0 spiro atoms. The van der Waals surface area contributed by atoms with E-state index in [1.54, 1.807) is 41.8 Å². The largest absolute Gasteiger partial charge is 0.339 e. The van der Waals surface area contributed by atoms with Gasteiger partial charge in [-0.15, -0.1) is 0 Å². The van der Waals surface area contributed by atoms with Crippen LogP contribution in [0.5, 0.6) is 0 Å². The third-order valence-corrected chi connectivity index (χ3v) is 6.27. The molecule has 2 aliphatic rings. The van der Waals surface area contributed by atoms with Crippen molar-refractivity contribution >= 4 is 17.8 Å². The molecular formula is C23H26N8O2. The van der Waals surface area contributed by atoms with Crippen molar-refractivity contribution < 1.29 is 9.59 Å². The summed E-state index contributed by atoms with van der Waals surface area (Å²) < 4.78 is 0. The second kappa shape index (κ2) is 9.35. The molecule has 0 saturated carbocycles. The minimum atomic E-state index is -0.176. The fourth-order valence-corrected chi connectivity index (χ4v) is 4.47. The summed E-state index contributed by atoms with van der Waals surface area (Å²) in [6, 6.07) is 7.25. The summed E-state index contributed by atoms with van der Waals surface area (Å²) in [7, 11) is 0. The normalized spacial score (nSPS) is 18.9. The van der Waals surface area contributed by atoms with Gasteiger partial charge in [-0.25, -0.2) is 9.97 Å². The molecule has 33 heavy (non-hydrogen) atoms. The molecule has 0 aliphatic carbocycles. The Bertz CT molecular complexity index is 1100. The molecule has 1 atom stereocenters. The smallest absolute Gasteiger partial charge is 0.271 e. The van der Waals surface area contributed by atoms with Crippen LogP contribution in [-0.4, -0.2) is 86.0 Å². The molecule has 10 heteroatoms. The second-order valence-corrected chi connectivity index (χ2v) is 8.35. The van der Waals surface area contributed by atoms with Crippen LogP contribution in [0.1, 0.15) is 23.3 Å². The number of hydrogen-bond acceptors (Lipinski definition) is 7. The first kappa shape index (κ1) is 21.0. The third kappa shape index (κ3) is 4.55. The minimum Gasteiger partial charge on any atom is -0.339 e. The van der Waals surface area contributed by atoms with Crippen LogP contribution in [0.4, 0.5) is 5.95 Å². The molecular weight excluding hydrogens is 420 g/mol. The molecule has 0 radical (unpaired) electrons. The SMILES string of the molecule is O=C(c1cc(-c2ccncc2)n[nH]1)N1CCCC(C(=O)N2CCN(c3ncccn3)CC2)C1. The van der Waals surface area contributed by atoms with E-state index in [4.69, 9.17) is 0 Å². The Kier molecular flexibility index (Phi) is 5.97. The van der Waals surface area contributed by atoms with E-state index in [2.05, 4.69) is 30.0 Å². The van der Waals surface area contributed by atoms with E-state index in [-0.39, 0.29) is 17.7 Å². The number of aromatic nitrogens is 5. The first-order valence-electron chi connectivity index (χ1n) is 11.2. The molecule has 1 unspecified atom stereocenters. The number of piperidine rings is 1. The van der Waals surface area contributed by atoms with Crippen LogP contribution in [0, 0.1) is 5.92 Å². The van der Waals surface area contributed by atoms with E-state index in [0.29, 0.717) is 56.6 Å². The van der Waals surface area contributed by atoms with Crippen LogP contribution in [0.25, 0.3) is 11.3 Å². The topological polar surface area (TPSA) is 111 Å². The van der Waals surface area contributed by atoms with Gasteiger partial charge >= 0.3 is 0 Å². The zero-order valence-electron chi connectivity index (χ0n) is 18.3. The summed E-state index contributed by atoms with van der Waals surface area (Å²) in [5.41, 5.74) is 2.03. The number of carbonyl (C=O) groups excluding carboxylic acids is 2. The summed E-state index contributed by atoms with van der Waals surface area (Å²) in [6.07, 6.45) is 8.46. The fraction of sp³-hybridized carbons (Fsp3) is 0.391. The van der Waals surface area contributed by atoms with Gasteiger partial charge in [-0.05, 0) is 37.1 Å². The number of aromatic amines is 1. The maximum Gasteiger partial charge on any atom is 0.271 e. The lowest BCUT2D eigenvalue weighted by atomic mass is 9.96. The number of pyridine rings is 1. The van der Waals surface area contributed by atoms with Gasteiger partial charge in [0, 0.05) is 69.6 Å². The highest BCUT2D eigenvalue weighted by molar-refractivity contribution is 5.94. The molecule has 2 amide bonds. The van der Waals surface area contributed by atoms with Gasteiger partial charge in [-0.1, -0.05) is 0 Å². The Labute approximate surface area is 191 Å². The summed E-state index contributed by atoms with van der Waals surface area (Å²) in [5.74, 6) is 0.532. The zero-order valence-corrected chi connectivity index (χ0v) is 18.3. The Hall–Kier alpha value is -3.82. The van der Waals surface area contributed by atoms with Crippen molar-refractivity contribution in [2.45, 2.75) is 12.8 Å². The molecule has 0 aromatic carbocycles. The van der Waals surface area contributed by atoms with Crippen LogP contribution < -0.4 is 4.90 Å². The molecule has 10 nitrogen and oxygen atoms in total. The van der Waals surface area contributed by atoms with Crippen molar-refractivity contribution in [2.75, 3.05) is 44.2 Å². The number of rotatable bonds is 4. The molecule has 5 rings (SSSR count). The average Bonchev–Trinajstić information content (AvgIpc) is 3.39. The number of amides is 2. The number of nitrogens with one attached hydrogen (secondary N) is 1. The average molecular weight is 447 g/mol. The monoisotopic (exact) mass is 446 g/mol. The molecule has 2 aliphatic heterocycles. The van der Waals surface area contributed by atoms with Crippen molar-refractivity contribution in [2.24, 2.45) is 5.92 Å². The number of piperazine rings is 1. The van der Waals surface area contributed by atoms with E-state index in [1.807, 2.05) is 17.0 Å². The van der Waals surface area contributed by atoms with Gasteiger partial charge < -0.3 is 14.7 Å². The van der Waals surface area contributed by atoms with Crippen LogP contribution >= 0.6 is 0 Å². The van der Waals surface area contributed by atoms with E-state index in [9.17, 15) is 9.59 Å². The Balaban J connectivity index is 1.19. The van der Waals surface area contributed by atoms with E-state index < -0.39 is 0 Å². The van der Waals surface area contributed by atoms with E-state index in [0.717, 1.165) is 18.4 Å². The summed E-state index contributed by atoms with van der Waals surface area (Å²) in [6.45, 7) is 3.76. The summed E-state index contributed by atoms with van der Waals surface area (Å²) in [5, 5.41) is 7.13. The van der Waals surface area contributed by atoms with E-state index >= 15 is 0 Å². The first-order chi connectivity index (χ1) is 16.2. The van der Waals surface area contributed by atoms with Gasteiger partial charge in [-0.3, -0.25) is 19.7 Å². The van der Waals surface area contributed by atoms with Crippen molar-refractivity contribution in [3.63, 3.8) is 0 Å². The van der Waals surface area contributed by atoms with Gasteiger partial charge in [0.15, 0.2) is 0 Å². The van der Waals surface area contributed by atoms with Crippen molar-refractivity contribution in [3.05, 3.63) is 54.7 Å². The maximum absolute atomic E-state index is 13.2. The number of hydrogen-bond donors (Lipinski definition) is 1. The second-order valence-electron chi connectivity index (χ2n) is 8.35. The highest BCUT2D eigenvalue weighted by atomic mass is 16.2. The van der Waals surface area contributed by atoms with Crippen molar-refractivity contribution in [3.8, 4) is 11.3 Å². The van der Waals surface area contributed by atoms with Gasteiger partial charge in [0.05, 0.1) is 11.6 Å². The Morgan fingerprint density at radius 3 is 2.45 bits per heavy atom. The summed E-state index contributed by atoms with van der Waals surface area (Å²) in [4.78, 5) is 44.7. The molecule has 2 fully saturated rings. The lowest BCUT2D eigenvalue weighted by Gasteiger charge is -2.38. The molecule has 0 bridgehead atoms. The van der Waals surface area contributed by atoms with Gasteiger partial charge in [0.2, 0.25) is 11.9 Å². The molecule has 3 aromatic rings. The molecule has 5 heterocycles. The maximum atomic E-state index is 13.2. The highest BCUT2D eigenvalue weighted by Crippen LogP contribution is 2.23.